The molecule has 1 aliphatic rings. The van der Waals surface area contributed by atoms with Gasteiger partial charge in [-0.3, -0.25) is 4.79 Å². The fourth-order valence-corrected chi connectivity index (χ4v) is 3.38. The summed E-state index contributed by atoms with van der Waals surface area (Å²) in [6, 6.07) is 5.76. The van der Waals surface area contributed by atoms with Gasteiger partial charge in [-0.1, -0.05) is 6.07 Å². The molecule has 0 spiro atoms. The number of carbonyl (C=O) groups excluding carboxylic acids is 1. The molecular formula is C14H19NO4S. The molecule has 2 rings (SSSR count). The highest BCUT2D eigenvalue weighted by atomic mass is 32.2. The molecule has 0 saturated carbocycles. The van der Waals surface area contributed by atoms with Gasteiger partial charge in [0.25, 0.3) is 0 Å². The second-order valence-electron chi connectivity index (χ2n) is 4.36. The summed E-state index contributed by atoms with van der Waals surface area (Å²) in [5.74, 6) is 2.01. The molecule has 5 nitrogen and oxygen atoms in total. The summed E-state index contributed by atoms with van der Waals surface area (Å²) in [4.78, 5) is 13.8. The van der Waals surface area contributed by atoms with Crippen LogP contribution in [0, 0.1) is 0 Å². The highest BCUT2D eigenvalue weighted by Gasteiger charge is 2.32. The van der Waals surface area contributed by atoms with Crippen LogP contribution in [0.5, 0.6) is 11.5 Å². The molecule has 20 heavy (non-hydrogen) atoms. The summed E-state index contributed by atoms with van der Waals surface area (Å²) in [6.45, 7) is 1.14. The molecule has 1 aromatic rings. The number of methoxy groups -OCH3 is 3. The van der Waals surface area contributed by atoms with E-state index in [1.54, 1.807) is 33.1 Å². The van der Waals surface area contributed by atoms with E-state index in [2.05, 4.69) is 0 Å². The standard InChI is InChI=1S/C14H19NO4S/c1-17-7-6-15-13(16)9-20-14(15)10-4-5-11(18-2)12(8-10)19-3/h4-5,8,14H,6-7,9H2,1-3H3. The largest absolute Gasteiger partial charge is 0.493 e. The van der Waals surface area contributed by atoms with Crippen LogP contribution in [0.25, 0.3) is 0 Å². The summed E-state index contributed by atoms with van der Waals surface area (Å²) in [6.07, 6.45) is 0. The third kappa shape index (κ3) is 3.02. The molecule has 1 aliphatic heterocycles. The maximum Gasteiger partial charge on any atom is 0.233 e. The molecule has 0 aromatic heterocycles. The van der Waals surface area contributed by atoms with Crippen LogP contribution in [0.3, 0.4) is 0 Å². The van der Waals surface area contributed by atoms with Crippen LogP contribution >= 0.6 is 11.8 Å². The first-order valence-corrected chi connectivity index (χ1v) is 7.38. The lowest BCUT2D eigenvalue weighted by molar-refractivity contribution is -0.128. The van der Waals surface area contributed by atoms with E-state index in [9.17, 15) is 4.79 Å². The van der Waals surface area contributed by atoms with Crippen molar-refractivity contribution < 1.29 is 19.0 Å². The van der Waals surface area contributed by atoms with Crippen LogP contribution < -0.4 is 9.47 Å². The molecule has 1 amide bonds. The van der Waals surface area contributed by atoms with Gasteiger partial charge in [-0.05, 0) is 17.7 Å². The van der Waals surface area contributed by atoms with Gasteiger partial charge in [-0.25, -0.2) is 0 Å². The van der Waals surface area contributed by atoms with E-state index >= 15 is 0 Å². The third-order valence-corrected chi connectivity index (χ3v) is 4.45. The van der Waals surface area contributed by atoms with Gasteiger partial charge >= 0.3 is 0 Å². The van der Waals surface area contributed by atoms with Gasteiger partial charge in [-0.2, -0.15) is 0 Å². The summed E-state index contributed by atoms with van der Waals surface area (Å²) < 4.78 is 15.6. The number of carbonyl (C=O) groups is 1. The van der Waals surface area contributed by atoms with Gasteiger partial charge < -0.3 is 19.1 Å². The molecule has 1 unspecified atom stereocenters. The molecule has 0 bridgehead atoms. The van der Waals surface area contributed by atoms with Gasteiger partial charge in [0.05, 0.1) is 26.6 Å². The number of benzene rings is 1. The Balaban J connectivity index is 2.23. The highest BCUT2D eigenvalue weighted by molar-refractivity contribution is 8.00. The zero-order chi connectivity index (χ0) is 14.5. The molecular weight excluding hydrogens is 278 g/mol. The SMILES string of the molecule is COCCN1C(=O)CSC1c1ccc(OC)c(OC)c1. The van der Waals surface area contributed by atoms with E-state index in [-0.39, 0.29) is 11.3 Å². The van der Waals surface area contributed by atoms with Gasteiger partial charge in [0, 0.05) is 13.7 Å². The number of ether oxygens (including phenoxy) is 3. The Kier molecular flexibility index (Phi) is 5.14. The maximum atomic E-state index is 11.9. The summed E-state index contributed by atoms with van der Waals surface area (Å²) >= 11 is 1.62. The Morgan fingerprint density at radius 1 is 1.25 bits per heavy atom. The van der Waals surface area contributed by atoms with Crippen molar-refractivity contribution >= 4 is 17.7 Å². The van der Waals surface area contributed by atoms with Crippen molar-refractivity contribution in [3.05, 3.63) is 23.8 Å². The lowest BCUT2D eigenvalue weighted by Gasteiger charge is -2.24. The Bertz CT molecular complexity index is 480. The average molecular weight is 297 g/mol. The van der Waals surface area contributed by atoms with E-state index in [0.29, 0.717) is 30.4 Å². The summed E-state index contributed by atoms with van der Waals surface area (Å²) in [7, 11) is 4.85. The van der Waals surface area contributed by atoms with E-state index in [1.807, 2.05) is 23.1 Å². The fraction of sp³-hybridized carbons (Fsp3) is 0.500. The first kappa shape index (κ1) is 15.0. The van der Waals surface area contributed by atoms with Crippen LogP contribution in [0.4, 0.5) is 0 Å². The van der Waals surface area contributed by atoms with Crippen LogP contribution in [0.2, 0.25) is 0 Å². The molecule has 1 saturated heterocycles. The van der Waals surface area contributed by atoms with Crippen LogP contribution in [-0.4, -0.2) is 51.0 Å². The number of nitrogens with zero attached hydrogens (tertiary/aromatic N) is 1. The Morgan fingerprint density at radius 3 is 2.65 bits per heavy atom. The normalized spacial score (nSPS) is 18.4. The number of amides is 1. The summed E-state index contributed by atoms with van der Waals surface area (Å²) in [5.41, 5.74) is 1.04. The number of hydrogen-bond acceptors (Lipinski definition) is 5. The van der Waals surface area contributed by atoms with E-state index in [1.165, 1.54) is 0 Å². The summed E-state index contributed by atoms with van der Waals surface area (Å²) in [5, 5.41) is 0.0115. The molecule has 6 heteroatoms. The lowest BCUT2D eigenvalue weighted by Crippen LogP contribution is -2.31. The van der Waals surface area contributed by atoms with Crippen molar-refractivity contribution in [1.29, 1.82) is 0 Å². The second kappa shape index (κ2) is 6.85. The maximum absolute atomic E-state index is 11.9. The number of hydrogen-bond donors (Lipinski definition) is 0. The Morgan fingerprint density at radius 2 is 2.00 bits per heavy atom. The van der Waals surface area contributed by atoms with Gasteiger partial charge in [0.1, 0.15) is 5.37 Å². The van der Waals surface area contributed by atoms with Gasteiger partial charge in [-0.15, -0.1) is 11.8 Å². The van der Waals surface area contributed by atoms with Crippen molar-refractivity contribution in [2.24, 2.45) is 0 Å². The van der Waals surface area contributed by atoms with E-state index < -0.39 is 0 Å². The lowest BCUT2D eigenvalue weighted by atomic mass is 10.2. The zero-order valence-corrected chi connectivity index (χ0v) is 12.7. The topological polar surface area (TPSA) is 48.0 Å². The first-order valence-electron chi connectivity index (χ1n) is 6.33. The zero-order valence-electron chi connectivity index (χ0n) is 11.9. The van der Waals surface area contributed by atoms with Gasteiger partial charge in [0.2, 0.25) is 5.91 Å². The molecule has 1 fully saturated rings. The minimum atomic E-state index is 0.0115. The second-order valence-corrected chi connectivity index (χ2v) is 5.43. The highest BCUT2D eigenvalue weighted by Crippen LogP contribution is 2.41. The van der Waals surface area contributed by atoms with Gasteiger partial charge in [0.15, 0.2) is 11.5 Å². The first-order chi connectivity index (χ1) is 9.71. The third-order valence-electron chi connectivity index (χ3n) is 3.20. The van der Waals surface area contributed by atoms with E-state index in [4.69, 9.17) is 14.2 Å². The minimum absolute atomic E-state index is 0.0115. The van der Waals surface area contributed by atoms with Crippen LogP contribution in [-0.2, 0) is 9.53 Å². The number of thioether (sulfide) groups is 1. The van der Waals surface area contributed by atoms with Crippen LogP contribution in [0.1, 0.15) is 10.9 Å². The van der Waals surface area contributed by atoms with Crippen LogP contribution in [0.15, 0.2) is 18.2 Å². The molecule has 1 atom stereocenters. The predicted molar refractivity (Wildman–Crippen MR) is 78.3 cm³/mol. The minimum Gasteiger partial charge on any atom is -0.493 e. The van der Waals surface area contributed by atoms with E-state index in [0.717, 1.165) is 5.56 Å². The van der Waals surface area contributed by atoms with Crippen molar-refractivity contribution in [2.75, 3.05) is 40.2 Å². The number of rotatable bonds is 6. The molecule has 0 N–H and O–H groups in total. The smallest absolute Gasteiger partial charge is 0.233 e. The molecule has 0 aliphatic carbocycles. The Hall–Kier alpha value is -1.40. The van der Waals surface area contributed by atoms with Crippen molar-refractivity contribution in [3.8, 4) is 11.5 Å². The quantitative estimate of drug-likeness (QED) is 0.803. The van der Waals surface area contributed by atoms with Crippen molar-refractivity contribution in [3.63, 3.8) is 0 Å². The molecule has 0 radical (unpaired) electrons. The predicted octanol–water partition coefficient (Wildman–Crippen LogP) is 1.92. The molecule has 1 aromatic carbocycles. The van der Waals surface area contributed by atoms with Crippen molar-refractivity contribution in [2.45, 2.75) is 5.37 Å². The molecule has 1 heterocycles. The van der Waals surface area contributed by atoms with Crippen molar-refractivity contribution in [1.82, 2.24) is 4.90 Å². The average Bonchev–Trinajstić information content (AvgIpc) is 2.85. The molecule has 110 valence electrons. The fourth-order valence-electron chi connectivity index (χ4n) is 2.17. The Labute approximate surface area is 123 Å². The monoisotopic (exact) mass is 297 g/mol.